The second-order valence-corrected chi connectivity index (χ2v) is 5.16. The summed E-state index contributed by atoms with van der Waals surface area (Å²) < 4.78 is 18.8. The highest BCUT2D eigenvalue weighted by Gasteiger charge is 2.49. The molecule has 0 saturated heterocycles. The number of fused-ring (bicyclic) bond motifs is 1. The Hall–Kier alpha value is -1.23. The first kappa shape index (κ1) is 12.2. The molecule has 1 aromatic carbocycles. The molecule has 0 amide bonds. The number of halogens is 2. The minimum Gasteiger partial charge on any atom is -0.468 e. The van der Waals surface area contributed by atoms with Crippen LogP contribution in [0, 0.1) is 11.2 Å². The van der Waals surface area contributed by atoms with Gasteiger partial charge in [0.05, 0.1) is 7.11 Å². The van der Waals surface area contributed by atoms with Crippen molar-refractivity contribution < 1.29 is 18.7 Å². The monoisotopic (exact) mass is 300 g/mol. The van der Waals surface area contributed by atoms with Crippen molar-refractivity contribution in [2.45, 2.75) is 13.3 Å². The van der Waals surface area contributed by atoms with E-state index in [1.165, 1.54) is 26.2 Å². The van der Waals surface area contributed by atoms with Crippen molar-refractivity contribution in [3.63, 3.8) is 0 Å². The van der Waals surface area contributed by atoms with Gasteiger partial charge in [-0.05, 0) is 25.5 Å². The number of rotatable bonds is 1. The summed E-state index contributed by atoms with van der Waals surface area (Å²) in [6.07, 6.45) is 0.0486. The molecule has 90 valence electrons. The zero-order valence-corrected chi connectivity index (χ0v) is 10.9. The minimum atomic E-state index is -1.31. The van der Waals surface area contributed by atoms with E-state index in [2.05, 4.69) is 20.7 Å². The van der Waals surface area contributed by atoms with Gasteiger partial charge in [0.2, 0.25) is 0 Å². The maximum Gasteiger partial charge on any atom is 0.319 e. The van der Waals surface area contributed by atoms with Crippen LogP contribution in [0.25, 0.3) is 0 Å². The van der Waals surface area contributed by atoms with Gasteiger partial charge in [-0.1, -0.05) is 15.9 Å². The fraction of sp³-hybridized carbons (Fsp3) is 0.333. The molecule has 0 spiro atoms. The van der Waals surface area contributed by atoms with E-state index in [0.717, 1.165) is 0 Å². The molecular formula is C12H10BrFO3. The normalized spacial score (nSPS) is 22.5. The fourth-order valence-corrected chi connectivity index (χ4v) is 2.54. The van der Waals surface area contributed by atoms with Gasteiger partial charge in [0.1, 0.15) is 11.2 Å². The predicted molar refractivity (Wildman–Crippen MR) is 62.3 cm³/mol. The molecular weight excluding hydrogens is 291 g/mol. The van der Waals surface area contributed by atoms with Gasteiger partial charge in [-0.15, -0.1) is 0 Å². The summed E-state index contributed by atoms with van der Waals surface area (Å²) in [6, 6.07) is 2.82. The van der Waals surface area contributed by atoms with Crippen molar-refractivity contribution in [1.82, 2.24) is 0 Å². The molecule has 1 atom stereocenters. The number of carbonyl (C=O) groups is 2. The van der Waals surface area contributed by atoms with Crippen LogP contribution in [0.15, 0.2) is 16.6 Å². The van der Waals surface area contributed by atoms with Crippen molar-refractivity contribution in [3.8, 4) is 0 Å². The van der Waals surface area contributed by atoms with Gasteiger partial charge < -0.3 is 4.74 Å². The number of Topliss-reactive ketones (excluding diaryl/α,β-unsaturated/α-hetero) is 1. The lowest BCUT2D eigenvalue weighted by molar-refractivity contribution is -0.148. The number of esters is 1. The largest absolute Gasteiger partial charge is 0.468 e. The van der Waals surface area contributed by atoms with Crippen molar-refractivity contribution in [3.05, 3.63) is 33.5 Å². The number of ketones is 1. The predicted octanol–water partition coefficient (Wildman–Crippen LogP) is 2.51. The zero-order valence-electron chi connectivity index (χ0n) is 9.34. The average molecular weight is 301 g/mol. The fourth-order valence-electron chi connectivity index (χ4n) is 2.11. The van der Waals surface area contributed by atoms with Crippen LogP contribution in [0.1, 0.15) is 22.8 Å². The van der Waals surface area contributed by atoms with E-state index in [0.29, 0.717) is 4.47 Å². The first-order valence-corrected chi connectivity index (χ1v) is 5.80. The Balaban J connectivity index is 2.56. The molecule has 2 rings (SSSR count). The molecule has 1 aliphatic rings. The molecule has 1 unspecified atom stereocenters. The maximum absolute atomic E-state index is 13.7. The molecule has 0 N–H and O–H groups in total. The van der Waals surface area contributed by atoms with Crippen LogP contribution < -0.4 is 0 Å². The third-order valence-electron chi connectivity index (χ3n) is 3.07. The molecule has 1 aliphatic carbocycles. The molecule has 0 radical (unpaired) electrons. The number of carbonyl (C=O) groups excluding carboxylic acids is 2. The highest BCUT2D eigenvalue weighted by Crippen LogP contribution is 2.40. The van der Waals surface area contributed by atoms with E-state index in [1.54, 1.807) is 0 Å². The molecule has 0 aliphatic heterocycles. The van der Waals surface area contributed by atoms with Crippen molar-refractivity contribution in [1.29, 1.82) is 0 Å². The molecule has 0 bridgehead atoms. The Bertz CT molecular complexity index is 527. The van der Waals surface area contributed by atoms with Crippen LogP contribution in [0.4, 0.5) is 4.39 Å². The molecule has 17 heavy (non-hydrogen) atoms. The van der Waals surface area contributed by atoms with Gasteiger partial charge in [-0.2, -0.15) is 0 Å². The molecule has 5 heteroatoms. The lowest BCUT2D eigenvalue weighted by Crippen LogP contribution is -2.35. The van der Waals surface area contributed by atoms with Crippen LogP contribution in [-0.2, 0) is 16.0 Å². The van der Waals surface area contributed by atoms with E-state index in [-0.39, 0.29) is 23.3 Å². The summed E-state index contributed by atoms with van der Waals surface area (Å²) in [4.78, 5) is 23.8. The van der Waals surface area contributed by atoms with Crippen LogP contribution >= 0.6 is 15.9 Å². The standard InChI is InChI=1S/C12H10BrFO3/c1-12(11(16)17-2)5-8-7(10(12)15)3-6(13)4-9(8)14/h3-4H,5H2,1-2H3. The second kappa shape index (κ2) is 3.91. The van der Waals surface area contributed by atoms with Crippen molar-refractivity contribution in [2.75, 3.05) is 7.11 Å². The molecule has 0 fully saturated rings. The number of hydrogen-bond donors (Lipinski definition) is 0. The van der Waals surface area contributed by atoms with E-state index >= 15 is 0 Å². The Kier molecular flexibility index (Phi) is 2.81. The highest BCUT2D eigenvalue weighted by molar-refractivity contribution is 9.10. The van der Waals surface area contributed by atoms with E-state index in [9.17, 15) is 14.0 Å². The topological polar surface area (TPSA) is 43.4 Å². The van der Waals surface area contributed by atoms with E-state index < -0.39 is 17.2 Å². The SMILES string of the molecule is COC(=O)C1(C)Cc2c(F)cc(Br)cc2C1=O. The van der Waals surface area contributed by atoms with Crippen LogP contribution in [0.5, 0.6) is 0 Å². The number of methoxy groups -OCH3 is 1. The number of benzene rings is 1. The van der Waals surface area contributed by atoms with E-state index in [1.807, 2.05) is 0 Å². The maximum atomic E-state index is 13.7. The Labute approximate surface area is 106 Å². The summed E-state index contributed by atoms with van der Waals surface area (Å²) in [5, 5.41) is 0. The van der Waals surface area contributed by atoms with Crippen molar-refractivity contribution in [2.24, 2.45) is 5.41 Å². The molecule has 3 nitrogen and oxygen atoms in total. The highest BCUT2D eigenvalue weighted by atomic mass is 79.9. The molecule has 0 saturated carbocycles. The third-order valence-corrected chi connectivity index (χ3v) is 3.53. The third kappa shape index (κ3) is 1.69. The second-order valence-electron chi connectivity index (χ2n) is 4.24. The smallest absolute Gasteiger partial charge is 0.319 e. The van der Waals surface area contributed by atoms with Crippen molar-refractivity contribution >= 4 is 27.7 Å². The number of hydrogen-bond acceptors (Lipinski definition) is 3. The lowest BCUT2D eigenvalue weighted by atomic mass is 9.86. The zero-order chi connectivity index (χ0) is 12.8. The molecule has 1 aromatic rings. The Morgan fingerprint density at radius 3 is 2.76 bits per heavy atom. The molecule has 0 aromatic heterocycles. The quantitative estimate of drug-likeness (QED) is 0.591. The van der Waals surface area contributed by atoms with Crippen LogP contribution in [0.3, 0.4) is 0 Å². The number of ether oxygens (including phenoxy) is 1. The summed E-state index contributed by atoms with van der Waals surface area (Å²) >= 11 is 3.13. The van der Waals surface area contributed by atoms with Gasteiger partial charge in [-0.25, -0.2) is 4.39 Å². The molecule has 0 heterocycles. The van der Waals surface area contributed by atoms with Gasteiger partial charge in [0, 0.05) is 15.6 Å². The van der Waals surface area contributed by atoms with Gasteiger partial charge in [0.25, 0.3) is 0 Å². The van der Waals surface area contributed by atoms with Gasteiger partial charge >= 0.3 is 5.97 Å². The average Bonchev–Trinajstić information content (AvgIpc) is 2.54. The minimum absolute atomic E-state index is 0.0486. The lowest BCUT2D eigenvalue weighted by Gasteiger charge is -2.17. The summed E-state index contributed by atoms with van der Waals surface area (Å²) in [6.45, 7) is 1.48. The Morgan fingerprint density at radius 1 is 1.53 bits per heavy atom. The first-order valence-electron chi connectivity index (χ1n) is 5.01. The summed E-state index contributed by atoms with van der Waals surface area (Å²) in [7, 11) is 1.22. The van der Waals surface area contributed by atoms with Gasteiger partial charge in [0.15, 0.2) is 5.78 Å². The van der Waals surface area contributed by atoms with Crippen LogP contribution in [-0.4, -0.2) is 18.9 Å². The summed E-state index contributed by atoms with van der Waals surface area (Å²) in [5.41, 5.74) is -0.769. The Morgan fingerprint density at radius 2 is 2.18 bits per heavy atom. The van der Waals surface area contributed by atoms with E-state index in [4.69, 9.17) is 0 Å². The summed E-state index contributed by atoms with van der Waals surface area (Å²) in [5.74, 6) is -1.50. The first-order chi connectivity index (χ1) is 7.90. The van der Waals surface area contributed by atoms with Gasteiger partial charge in [-0.3, -0.25) is 9.59 Å². The van der Waals surface area contributed by atoms with Crippen LogP contribution in [0.2, 0.25) is 0 Å².